The van der Waals surface area contributed by atoms with Crippen molar-refractivity contribution in [2.24, 2.45) is 0 Å². The summed E-state index contributed by atoms with van der Waals surface area (Å²) in [7, 11) is 0. The second kappa shape index (κ2) is 5.91. The zero-order chi connectivity index (χ0) is 18.4. The van der Waals surface area contributed by atoms with Crippen LogP contribution in [0.4, 0.5) is 28.9 Å². The molecule has 0 saturated carbocycles. The second-order valence-electron chi connectivity index (χ2n) is 5.60. The van der Waals surface area contributed by atoms with Gasteiger partial charge in [0.05, 0.1) is 16.9 Å². The average Bonchev–Trinajstić information content (AvgIpc) is 2.97. The van der Waals surface area contributed by atoms with Crippen molar-refractivity contribution in [2.75, 3.05) is 5.32 Å². The van der Waals surface area contributed by atoms with Gasteiger partial charge in [0.2, 0.25) is 0 Å². The van der Waals surface area contributed by atoms with E-state index in [9.17, 15) is 32.3 Å². The Kier molecular flexibility index (Phi) is 4.02. The summed E-state index contributed by atoms with van der Waals surface area (Å²) in [4.78, 5) is 23.6. The molecule has 0 spiro atoms. The van der Waals surface area contributed by atoms with E-state index < -0.39 is 29.1 Å². The van der Waals surface area contributed by atoms with Gasteiger partial charge in [-0.15, -0.1) is 0 Å². The molecule has 0 bridgehead atoms. The molecule has 2 heterocycles. The van der Waals surface area contributed by atoms with Crippen LogP contribution in [0.3, 0.4) is 0 Å². The van der Waals surface area contributed by atoms with Gasteiger partial charge in [-0.05, 0) is 31.0 Å². The summed E-state index contributed by atoms with van der Waals surface area (Å²) in [5.41, 5.74) is -1.98. The molecule has 0 saturated heterocycles. The molecule has 0 amide bonds. The van der Waals surface area contributed by atoms with E-state index in [-0.39, 0.29) is 16.9 Å². The van der Waals surface area contributed by atoms with Crippen LogP contribution in [0.1, 0.15) is 28.0 Å². The van der Waals surface area contributed by atoms with Crippen LogP contribution in [-0.4, -0.2) is 15.6 Å². The third-order valence-corrected chi connectivity index (χ3v) is 3.99. The summed E-state index contributed by atoms with van der Waals surface area (Å²) in [6, 6.07) is 2.85. The number of rotatable bonds is 3. The van der Waals surface area contributed by atoms with Gasteiger partial charge in [0.1, 0.15) is 11.4 Å². The summed E-state index contributed by atoms with van der Waals surface area (Å²) in [6.07, 6.45) is -3.71. The van der Waals surface area contributed by atoms with Gasteiger partial charge in [0.25, 0.3) is 5.56 Å². The summed E-state index contributed by atoms with van der Waals surface area (Å²) in [5.74, 6) is -2.51. The third kappa shape index (κ3) is 3.09. The minimum Gasteiger partial charge on any atom is -0.478 e. The van der Waals surface area contributed by atoms with E-state index in [0.29, 0.717) is 37.2 Å². The highest BCUT2D eigenvalue weighted by atomic mass is 19.4. The zero-order valence-corrected chi connectivity index (χ0v) is 12.7. The van der Waals surface area contributed by atoms with E-state index in [1.807, 2.05) is 0 Å². The van der Waals surface area contributed by atoms with E-state index in [1.165, 1.54) is 4.57 Å². The Balaban J connectivity index is 2.06. The number of pyridine rings is 1. The fourth-order valence-electron chi connectivity index (χ4n) is 2.88. The molecule has 1 aromatic heterocycles. The van der Waals surface area contributed by atoms with Crippen molar-refractivity contribution in [1.82, 2.24) is 4.57 Å². The average molecular weight is 356 g/mol. The fourth-order valence-corrected chi connectivity index (χ4v) is 2.88. The number of hydrogen-bond donors (Lipinski definition) is 2. The summed E-state index contributed by atoms with van der Waals surface area (Å²) < 4.78 is 53.1. The topological polar surface area (TPSA) is 71.3 Å². The molecule has 9 heteroatoms. The molecule has 2 N–H and O–H groups in total. The second-order valence-corrected chi connectivity index (χ2v) is 5.60. The standard InChI is InChI=1S/C16H12F4N2O3/c17-9-6-8(16(18,19)20)3-4-10(9)21-11-7-13(23)22-5-1-2-12(22)14(11)15(24)25/h3-4,6-7,21H,1-2,5H2,(H,24,25). The number of aromatic carboxylic acids is 1. The van der Waals surface area contributed by atoms with E-state index in [4.69, 9.17) is 0 Å². The Morgan fingerprint density at radius 1 is 1.20 bits per heavy atom. The van der Waals surface area contributed by atoms with Crippen LogP contribution < -0.4 is 10.9 Å². The van der Waals surface area contributed by atoms with Gasteiger partial charge in [-0.25, -0.2) is 9.18 Å². The lowest BCUT2D eigenvalue weighted by atomic mass is 10.1. The van der Waals surface area contributed by atoms with Crippen LogP contribution in [-0.2, 0) is 19.1 Å². The number of carbonyl (C=O) groups is 1. The number of hydrogen-bond acceptors (Lipinski definition) is 3. The number of benzene rings is 1. The van der Waals surface area contributed by atoms with Gasteiger partial charge in [-0.1, -0.05) is 0 Å². The first-order valence-electron chi connectivity index (χ1n) is 7.32. The van der Waals surface area contributed by atoms with E-state index in [1.54, 1.807) is 0 Å². The maximum atomic E-state index is 14.0. The first-order valence-corrected chi connectivity index (χ1v) is 7.32. The fraction of sp³-hybridized carbons (Fsp3) is 0.250. The highest BCUT2D eigenvalue weighted by Gasteiger charge is 2.31. The van der Waals surface area contributed by atoms with Gasteiger partial charge >= 0.3 is 12.1 Å². The van der Waals surface area contributed by atoms with Gasteiger partial charge in [0, 0.05) is 18.3 Å². The van der Waals surface area contributed by atoms with Crippen LogP contribution >= 0.6 is 0 Å². The first-order chi connectivity index (χ1) is 11.7. The molecule has 2 aromatic rings. The summed E-state index contributed by atoms with van der Waals surface area (Å²) in [6.45, 7) is 0.392. The Labute approximate surface area is 138 Å². The molecule has 25 heavy (non-hydrogen) atoms. The molecule has 0 atom stereocenters. The summed E-state index contributed by atoms with van der Waals surface area (Å²) in [5, 5.41) is 11.9. The zero-order valence-electron chi connectivity index (χ0n) is 12.7. The minimum absolute atomic E-state index is 0.149. The van der Waals surface area contributed by atoms with Crippen molar-refractivity contribution in [2.45, 2.75) is 25.6 Å². The largest absolute Gasteiger partial charge is 0.478 e. The molecule has 132 valence electrons. The van der Waals surface area contributed by atoms with Crippen molar-refractivity contribution in [3.05, 3.63) is 57.3 Å². The van der Waals surface area contributed by atoms with Crippen LogP contribution in [0.15, 0.2) is 29.1 Å². The van der Waals surface area contributed by atoms with E-state index >= 15 is 0 Å². The molecule has 1 aliphatic heterocycles. The number of nitrogens with zero attached hydrogens (tertiary/aromatic N) is 1. The number of alkyl halides is 3. The Morgan fingerprint density at radius 3 is 2.52 bits per heavy atom. The van der Waals surface area contributed by atoms with Crippen LogP contribution in [0, 0.1) is 5.82 Å². The number of anilines is 2. The number of fused-ring (bicyclic) bond motifs is 1. The Bertz CT molecular complexity index is 919. The van der Waals surface area contributed by atoms with Crippen molar-refractivity contribution < 1.29 is 27.5 Å². The third-order valence-electron chi connectivity index (χ3n) is 3.99. The molecule has 5 nitrogen and oxygen atoms in total. The smallest absolute Gasteiger partial charge is 0.416 e. The van der Waals surface area contributed by atoms with Crippen LogP contribution in [0.2, 0.25) is 0 Å². The maximum absolute atomic E-state index is 14.0. The Hall–Kier alpha value is -2.84. The molecule has 0 fully saturated rings. The lowest BCUT2D eigenvalue weighted by Crippen LogP contribution is -2.23. The van der Waals surface area contributed by atoms with Gasteiger partial charge < -0.3 is 15.0 Å². The van der Waals surface area contributed by atoms with Crippen LogP contribution in [0.5, 0.6) is 0 Å². The molecular weight excluding hydrogens is 344 g/mol. The van der Waals surface area contributed by atoms with Crippen molar-refractivity contribution in [3.63, 3.8) is 0 Å². The molecular formula is C16H12F4N2O3. The predicted molar refractivity (Wildman–Crippen MR) is 80.7 cm³/mol. The number of aromatic nitrogens is 1. The number of nitrogens with one attached hydrogen (secondary N) is 1. The predicted octanol–water partition coefficient (Wildman–Crippen LogP) is 3.39. The summed E-state index contributed by atoms with van der Waals surface area (Å²) >= 11 is 0. The monoisotopic (exact) mass is 356 g/mol. The highest BCUT2D eigenvalue weighted by Crippen LogP contribution is 2.33. The molecule has 0 radical (unpaired) electrons. The van der Waals surface area contributed by atoms with Crippen LogP contribution in [0.25, 0.3) is 0 Å². The lowest BCUT2D eigenvalue weighted by Gasteiger charge is -2.15. The van der Waals surface area contributed by atoms with Crippen molar-refractivity contribution >= 4 is 17.3 Å². The molecule has 3 rings (SSSR count). The SMILES string of the molecule is O=C(O)c1c(Nc2ccc(C(F)(F)F)cc2F)cc(=O)n2c1CCC2. The number of halogens is 4. The molecule has 0 aliphatic carbocycles. The quantitative estimate of drug-likeness (QED) is 0.827. The van der Waals surface area contributed by atoms with Crippen molar-refractivity contribution in [3.8, 4) is 0 Å². The maximum Gasteiger partial charge on any atom is 0.416 e. The highest BCUT2D eigenvalue weighted by molar-refractivity contribution is 5.96. The normalized spacial score (nSPS) is 13.6. The minimum atomic E-state index is -4.70. The molecule has 1 aliphatic rings. The number of carboxylic acid groups (broad SMARTS) is 1. The van der Waals surface area contributed by atoms with E-state index in [0.717, 1.165) is 12.1 Å². The molecule has 1 aromatic carbocycles. The molecule has 0 unspecified atom stereocenters. The van der Waals surface area contributed by atoms with Crippen molar-refractivity contribution in [1.29, 1.82) is 0 Å². The van der Waals surface area contributed by atoms with Gasteiger partial charge in [-0.3, -0.25) is 4.79 Å². The van der Waals surface area contributed by atoms with E-state index in [2.05, 4.69) is 5.32 Å². The van der Waals surface area contributed by atoms with Gasteiger partial charge in [0.15, 0.2) is 0 Å². The first kappa shape index (κ1) is 17.0. The Morgan fingerprint density at radius 2 is 1.92 bits per heavy atom. The lowest BCUT2D eigenvalue weighted by molar-refractivity contribution is -0.137. The van der Waals surface area contributed by atoms with Gasteiger partial charge in [-0.2, -0.15) is 13.2 Å². The number of carboxylic acids is 1.